The molecule has 0 unspecified atom stereocenters. The van der Waals surface area contributed by atoms with E-state index in [4.69, 9.17) is 5.73 Å². The predicted octanol–water partition coefficient (Wildman–Crippen LogP) is -0.0783. The van der Waals surface area contributed by atoms with Crippen LogP contribution in [0.25, 0.3) is 0 Å². The average molecular weight is 229 g/mol. The second kappa shape index (κ2) is 4.08. The van der Waals surface area contributed by atoms with Crippen molar-refractivity contribution in [2.45, 2.75) is 6.04 Å². The first-order chi connectivity index (χ1) is 3.72. The van der Waals surface area contributed by atoms with Gasteiger partial charge < -0.3 is 10.5 Å². The molecule has 0 aromatic carbocycles. The van der Waals surface area contributed by atoms with E-state index in [1.165, 1.54) is 7.11 Å². The summed E-state index contributed by atoms with van der Waals surface area (Å²) in [6.45, 7) is 0. The van der Waals surface area contributed by atoms with Crippen LogP contribution in [0.5, 0.6) is 0 Å². The van der Waals surface area contributed by atoms with Crippen molar-refractivity contribution in [3.05, 3.63) is 0 Å². The Kier molecular flexibility index (Phi) is 4.16. The van der Waals surface area contributed by atoms with Gasteiger partial charge in [0.1, 0.15) is 6.04 Å². The molecule has 0 saturated carbocycles. The number of nitrogens with two attached hydrogens (primary N) is 1. The van der Waals surface area contributed by atoms with E-state index in [2.05, 4.69) is 4.74 Å². The molecule has 0 amide bonds. The van der Waals surface area contributed by atoms with Gasteiger partial charge in [-0.3, -0.25) is 4.79 Å². The van der Waals surface area contributed by atoms with Gasteiger partial charge in [-0.15, -0.1) is 0 Å². The first-order valence-electron chi connectivity index (χ1n) is 2.11. The van der Waals surface area contributed by atoms with Gasteiger partial charge in [-0.1, -0.05) is 22.6 Å². The topological polar surface area (TPSA) is 52.3 Å². The minimum atomic E-state index is -0.458. The lowest BCUT2D eigenvalue weighted by Gasteiger charge is -2.02. The van der Waals surface area contributed by atoms with Crippen LogP contribution in [0, 0.1) is 0 Å². The number of halogens is 1. The Bertz CT molecular complexity index is 86.1. The monoisotopic (exact) mass is 229 g/mol. The van der Waals surface area contributed by atoms with Crippen LogP contribution in [0.15, 0.2) is 0 Å². The highest BCUT2D eigenvalue weighted by atomic mass is 127. The highest BCUT2D eigenvalue weighted by Crippen LogP contribution is 1.88. The minimum Gasteiger partial charge on any atom is -0.468 e. The van der Waals surface area contributed by atoms with E-state index in [-0.39, 0.29) is 5.97 Å². The second-order valence-corrected chi connectivity index (χ2v) is 2.16. The molecule has 0 aromatic heterocycles. The lowest BCUT2D eigenvalue weighted by Crippen LogP contribution is -2.32. The van der Waals surface area contributed by atoms with E-state index < -0.39 is 6.04 Å². The molecule has 0 radical (unpaired) electrons. The Morgan fingerprint density at radius 2 is 2.50 bits per heavy atom. The molecule has 3 nitrogen and oxygen atoms in total. The van der Waals surface area contributed by atoms with Crippen LogP contribution < -0.4 is 5.73 Å². The van der Waals surface area contributed by atoms with Gasteiger partial charge in [-0.2, -0.15) is 0 Å². The number of esters is 1. The van der Waals surface area contributed by atoms with Crippen molar-refractivity contribution >= 4 is 28.6 Å². The van der Waals surface area contributed by atoms with Crippen molar-refractivity contribution in [3.63, 3.8) is 0 Å². The minimum absolute atomic E-state index is 0.348. The largest absolute Gasteiger partial charge is 0.468 e. The van der Waals surface area contributed by atoms with Gasteiger partial charge in [-0.05, 0) is 0 Å². The Balaban J connectivity index is 3.46. The van der Waals surface area contributed by atoms with E-state index in [1.54, 1.807) is 0 Å². The number of alkyl halides is 1. The first-order valence-corrected chi connectivity index (χ1v) is 3.64. The van der Waals surface area contributed by atoms with Crippen LogP contribution in [0.1, 0.15) is 0 Å². The lowest BCUT2D eigenvalue weighted by atomic mass is 10.4. The fraction of sp³-hybridized carbons (Fsp3) is 0.750. The van der Waals surface area contributed by atoms with Gasteiger partial charge in [0.15, 0.2) is 0 Å². The SMILES string of the molecule is COC(=O)[C@H](N)CI. The van der Waals surface area contributed by atoms with Crippen molar-refractivity contribution in [3.8, 4) is 0 Å². The Hall–Kier alpha value is 0.160. The molecule has 4 heteroatoms. The van der Waals surface area contributed by atoms with Crippen molar-refractivity contribution < 1.29 is 9.53 Å². The highest BCUT2D eigenvalue weighted by Gasteiger charge is 2.09. The molecule has 0 saturated heterocycles. The first kappa shape index (κ1) is 8.16. The molecule has 0 aliphatic heterocycles. The van der Waals surface area contributed by atoms with E-state index in [0.717, 1.165) is 0 Å². The third-order valence-electron chi connectivity index (χ3n) is 0.670. The summed E-state index contributed by atoms with van der Waals surface area (Å²) in [4.78, 5) is 10.4. The fourth-order valence-corrected chi connectivity index (χ4v) is 0.574. The highest BCUT2D eigenvalue weighted by molar-refractivity contribution is 14.1. The molecule has 0 spiro atoms. The maximum atomic E-state index is 10.4. The molecule has 8 heavy (non-hydrogen) atoms. The fourth-order valence-electron chi connectivity index (χ4n) is 0.214. The summed E-state index contributed by atoms with van der Waals surface area (Å²) in [6.07, 6.45) is 0. The summed E-state index contributed by atoms with van der Waals surface area (Å²) in [7, 11) is 1.33. The number of ether oxygens (including phenoxy) is 1. The molecule has 0 rings (SSSR count). The summed E-state index contributed by atoms with van der Waals surface area (Å²) in [5.74, 6) is -0.348. The normalized spacial score (nSPS) is 12.9. The molecule has 0 heterocycles. The molecular weight excluding hydrogens is 221 g/mol. The number of carbonyl (C=O) groups is 1. The third-order valence-corrected chi connectivity index (χ3v) is 1.62. The van der Waals surface area contributed by atoms with E-state index in [9.17, 15) is 4.79 Å². The zero-order valence-corrected chi connectivity index (χ0v) is 6.71. The molecule has 48 valence electrons. The Morgan fingerprint density at radius 1 is 2.00 bits per heavy atom. The molecule has 1 atom stereocenters. The number of hydrogen-bond acceptors (Lipinski definition) is 3. The standard InChI is InChI=1S/C4H8INO2/c1-8-4(7)3(6)2-5/h3H,2,6H2,1H3/t3-/m1/s1. The van der Waals surface area contributed by atoms with Crippen molar-refractivity contribution in [2.24, 2.45) is 5.73 Å². The van der Waals surface area contributed by atoms with E-state index >= 15 is 0 Å². The summed E-state index contributed by atoms with van der Waals surface area (Å²) in [5.41, 5.74) is 5.24. The molecule has 0 aromatic rings. The summed E-state index contributed by atoms with van der Waals surface area (Å²) in [6, 6.07) is -0.458. The molecule has 0 aliphatic rings. The number of hydrogen-bond donors (Lipinski definition) is 1. The van der Waals surface area contributed by atoms with Crippen LogP contribution >= 0.6 is 22.6 Å². The van der Waals surface area contributed by atoms with Crippen molar-refractivity contribution in [1.29, 1.82) is 0 Å². The lowest BCUT2D eigenvalue weighted by molar-refractivity contribution is -0.141. The summed E-state index contributed by atoms with van der Waals surface area (Å²) < 4.78 is 4.94. The molecule has 0 fully saturated rings. The van der Waals surface area contributed by atoms with E-state index in [0.29, 0.717) is 4.43 Å². The Morgan fingerprint density at radius 3 is 2.62 bits per heavy atom. The zero-order valence-electron chi connectivity index (χ0n) is 4.56. The maximum Gasteiger partial charge on any atom is 0.323 e. The van der Waals surface area contributed by atoms with Gasteiger partial charge >= 0.3 is 5.97 Å². The number of methoxy groups -OCH3 is 1. The van der Waals surface area contributed by atoms with Crippen molar-refractivity contribution in [2.75, 3.05) is 11.5 Å². The van der Waals surface area contributed by atoms with Gasteiger partial charge in [0, 0.05) is 4.43 Å². The third kappa shape index (κ3) is 2.46. The van der Waals surface area contributed by atoms with Crippen LogP contribution in [-0.2, 0) is 9.53 Å². The smallest absolute Gasteiger partial charge is 0.323 e. The van der Waals surface area contributed by atoms with Gasteiger partial charge in [0.2, 0.25) is 0 Å². The molecular formula is C4H8INO2. The van der Waals surface area contributed by atoms with Crippen molar-refractivity contribution in [1.82, 2.24) is 0 Å². The van der Waals surface area contributed by atoms with Crippen LogP contribution in [0.4, 0.5) is 0 Å². The van der Waals surface area contributed by atoms with Crippen LogP contribution in [0.2, 0.25) is 0 Å². The second-order valence-electron chi connectivity index (χ2n) is 1.28. The van der Waals surface area contributed by atoms with E-state index in [1.807, 2.05) is 22.6 Å². The number of rotatable bonds is 2. The maximum absolute atomic E-state index is 10.4. The summed E-state index contributed by atoms with van der Waals surface area (Å²) >= 11 is 2.03. The molecule has 0 aliphatic carbocycles. The number of carbonyl (C=O) groups excluding carboxylic acids is 1. The zero-order chi connectivity index (χ0) is 6.57. The van der Waals surface area contributed by atoms with Crippen LogP contribution in [-0.4, -0.2) is 23.5 Å². The van der Waals surface area contributed by atoms with Crippen LogP contribution in [0.3, 0.4) is 0 Å². The molecule has 2 N–H and O–H groups in total. The molecule has 0 bridgehead atoms. The van der Waals surface area contributed by atoms with Gasteiger partial charge in [0.25, 0.3) is 0 Å². The summed E-state index contributed by atoms with van der Waals surface area (Å²) in [5, 5.41) is 0. The van der Waals surface area contributed by atoms with Gasteiger partial charge in [-0.25, -0.2) is 0 Å². The van der Waals surface area contributed by atoms with Gasteiger partial charge in [0.05, 0.1) is 7.11 Å². The Labute approximate surface area is 61.7 Å². The predicted molar refractivity (Wildman–Crippen MR) is 38.9 cm³/mol. The quantitative estimate of drug-likeness (QED) is 0.409. The average Bonchev–Trinajstić information content (AvgIpc) is 1.84.